The second-order valence-electron chi connectivity index (χ2n) is 3.73. The number of ether oxygens (including phenoxy) is 1. The molecule has 1 rings (SSSR count). The Morgan fingerprint density at radius 3 is 2.63 bits per heavy atom. The lowest BCUT2D eigenvalue weighted by Crippen LogP contribution is -2.23. The highest BCUT2D eigenvalue weighted by Gasteiger charge is 2.27. The van der Waals surface area contributed by atoms with Gasteiger partial charge in [0, 0.05) is 24.7 Å². The fraction of sp³-hybridized carbons (Fsp3) is 0.455. The SMILES string of the molecule is O=[N+]([O-])c1ccccc1CNCCOCC(F)(F)F. The summed E-state index contributed by atoms with van der Waals surface area (Å²) in [5.74, 6) is 0. The molecule has 1 N–H and O–H groups in total. The maximum atomic E-state index is 11.8. The first kappa shape index (κ1) is 15.4. The van der Waals surface area contributed by atoms with Crippen LogP contribution in [0.3, 0.4) is 0 Å². The van der Waals surface area contributed by atoms with E-state index in [4.69, 9.17) is 0 Å². The second kappa shape index (κ2) is 7.05. The summed E-state index contributed by atoms with van der Waals surface area (Å²) in [6, 6.07) is 6.16. The fourth-order valence-corrected chi connectivity index (χ4v) is 1.39. The van der Waals surface area contributed by atoms with Crippen LogP contribution in [0.2, 0.25) is 0 Å². The molecule has 8 heteroatoms. The van der Waals surface area contributed by atoms with Gasteiger partial charge in [0.15, 0.2) is 0 Å². The molecule has 0 fully saturated rings. The highest BCUT2D eigenvalue weighted by atomic mass is 19.4. The van der Waals surface area contributed by atoms with Crippen LogP contribution in [0.5, 0.6) is 0 Å². The van der Waals surface area contributed by atoms with Gasteiger partial charge in [0.2, 0.25) is 0 Å². The van der Waals surface area contributed by atoms with E-state index in [1.165, 1.54) is 6.07 Å². The standard InChI is InChI=1S/C11H13F3N2O3/c12-11(13,14)8-19-6-5-15-7-9-3-1-2-4-10(9)16(17)18/h1-4,15H,5-8H2. The Bertz CT molecular complexity index is 424. The molecule has 0 aliphatic rings. The van der Waals surface area contributed by atoms with E-state index in [1.54, 1.807) is 18.2 Å². The number of para-hydroxylation sites is 1. The van der Waals surface area contributed by atoms with Crippen LogP contribution in [0, 0.1) is 10.1 Å². The summed E-state index contributed by atoms with van der Waals surface area (Å²) in [4.78, 5) is 10.2. The molecule has 0 amide bonds. The van der Waals surface area contributed by atoms with Gasteiger partial charge in [-0.05, 0) is 0 Å². The topological polar surface area (TPSA) is 64.4 Å². The van der Waals surface area contributed by atoms with Crippen molar-refractivity contribution >= 4 is 5.69 Å². The largest absolute Gasteiger partial charge is 0.411 e. The van der Waals surface area contributed by atoms with Crippen LogP contribution in [0.15, 0.2) is 24.3 Å². The van der Waals surface area contributed by atoms with Crippen LogP contribution in [0.1, 0.15) is 5.56 Å². The monoisotopic (exact) mass is 278 g/mol. The van der Waals surface area contributed by atoms with Crippen molar-refractivity contribution in [1.82, 2.24) is 5.32 Å². The maximum Gasteiger partial charge on any atom is 0.411 e. The summed E-state index contributed by atoms with van der Waals surface area (Å²) >= 11 is 0. The zero-order valence-electron chi connectivity index (χ0n) is 9.94. The summed E-state index contributed by atoms with van der Waals surface area (Å²) in [5, 5.41) is 13.5. The Kier molecular flexibility index (Phi) is 5.71. The average molecular weight is 278 g/mol. The van der Waals surface area contributed by atoms with E-state index < -0.39 is 17.7 Å². The molecule has 106 valence electrons. The quantitative estimate of drug-likeness (QED) is 0.472. The van der Waals surface area contributed by atoms with Gasteiger partial charge in [-0.1, -0.05) is 18.2 Å². The van der Waals surface area contributed by atoms with Gasteiger partial charge >= 0.3 is 6.18 Å². The van der Waals surface area contributed by atoms with Crippen molar-refractivity contribution in [2.45, 2.75) is 12.7 Å². The average Bonchev–Trinajstić information content (AvgIpc) is 2.32. The Morgan fingerprint density at radius 1 is 1.32 bits per heavy atom. The number of nitro benzene ring substituents is 1. The van der Waals surface area contributed by atoms with Crippen molar-refractivity contribution in [3.8, 4) is 0 Å². The Labute approximate surface area is 107 Å². The summed E-state index contributed by atoms with van der Waals surface area (Å²) in [6.45, 7) is -1.02. The van der Waals surface area contributed by atoms with Crippen molar-refractivity contribution in [2.75, 3.05) is 19.8 Å². The molecule has 0 aliphatic heterocycles. The van der Waals surface area contributed by atoms with Gasteiger partial charge in [-0.15, -0.1) is 0 Å². The van der Waals surface area contributed by atoms with Gasteiger partial charge in [0.05, 0.1) is 11.5 Å². The Hall–Kier alpha value is -1.67. The van der Waals surface area contributed by atoms with Crippen molar-refractivity contribution < 1.29 is 22.8 Å². The van der Waals surface area contributed by atoms with E-state index in [0.717, 1.165) is 0 Å². The van der Waals surface area contributed by atoms with Crippen LogP contribution in [0.4, 0.5) is 18.9 Å². The summed E-state index contributed by atoms with van der Waals surface area (Å²) in [6.07, 6.45) is -4.34. The molecule has 0 radical (unpaired) electrons. The van der Waals surface area contributed by atoms with Crippen LogP contribution < -0.4 is 5.32 Å². The summed E-state index contributed by atoms with van der Waals surface area (Å²) < 4.78 is 39.6. The van der Waals surface area contributed by atoms with Gasteiger partial charge in [0.1, 0.15) is 6.61 Å². The maximum absolute atomic E-state index is 11.8. The lowest BCUT2D eigenvalue weighted by Gasteiger charge is -2.08. The van der Waals surface area contributed by atoms with Crippen LogP contribution >= 0.6 is 0 Å². The molecular formula is C11H13F3N2O3. The molecule has 1 aromatic carbocycles. The molecule has 0 atom stereocenters. The van der Waals surface area contributed by atoms with Gasteiger partial charge in [0.25, 0.3) is 5.69 Å². The minimum absolute atomic E-state index is 0.0220. The minimum atomic E-state index is -4.34. The fourth-order valence-electron chi connectivity index (χ4n) is 1.39. The van der Waals surface area contributed by atoms with Gasteiger partial charge in [-0.3, -0.25) is 10.1 Å². The number of hydrogen-bond donors (Lipinski definition) is 1. The van der Waals surface area contributed by atoms with Crippen molar-refractivity contribution in [3.05, 3.63) is 39.9 Å². The number of nitrogens with zero attached hydrogens (tertiary/aromatic N) is 1. The third-order valence-electron chi connectivity index (χ3n) is 2.19. The number of alkyl halides is 3. The molecule has 0 unspecified atom stereocenters. The number of benzene rings is 1. The van der Waals surface area contributed by atoms with Crippen molar-refractivity contribution in [3.63, 3.8) is 0 Å². The van der Waals surface area contributed by atoms with Crippen molar-refractivity contribution in [1.29, 1.82) is 0 Å². The molecule has 0 aromatic heterocycles. The molecule has 0 heterocycles. The number of nitrogens with one attached hydrogen (secondary N) is 1. The molecule has 5 nitrogen and oxygen atoms in total. The van der Waals surface area contributed by atoms with E-state index in [0.29, 0.717) is 5.56 Å². The zero-order valence-corrected chi connectivity index (χ0v) is 9.94. The summed E-state index contributed by atoms with van der Waals surface area (Å²) in [7, 11) is 0. The van der Waals surface area contributed by atoms with Gasteiger partial charge in [-0.2, -0.15) is 13.2 Å². The van der Waals surface area contributed by atoms with E-state index in [1.807, 2.05) is 0 Å². The molecular weight excluding hydrogens is 265 g/mol. The number of halogens is 3. The third-order valence-corrected chi connectivity index (χ3v) is 2.19. The number of rotatable bonds is 7. The minimum Gasteiger partial charge on any atom is -0.371 e. The molecule has 0 spiro atoms. The lowest BCUT2D eigenvalue weighted by atomic mass is 10.2. The molecule has 0 saturated heterocycles. The predicted octanol–water partition coefficient (Wildman–Crippen LogP) is 2.26. The molecule has 1 aromatic rings. The van der Waals surface area contributed by atoms with Gasteiger partial charge < -0.3 is 10.1 Å². The molecule has 0 saturated carbocycles. The molecule has 0 aliphatic carbocycles. The number of hydrogen-bond acceptors (Lipinski definition) is 4. The number of nitro groups is 1. The zero-order chi connectivity index (χ0) is 14.3. The van der Waals surface area contributed by atoms with E-state index >= 15 is 0 Å². The smallest absolute Gasteiger partial charge is 0.371 e. The normalized spacial score (nSPS) is 11.5. The van der Waals surface area contributed by atoms with Crippen LogP contribution in [0.25, 0.3) is 0 Å². The van der Waals surface area contributed by atoms with Gasteiger partial charge in [-0.25, -0.2) is 0 Å². The predicted molar refractivity (Wildman–Crippen MR) is 61.7 cm³/mol. The second-order valence-corrected chi connectivity index (χ2v) is 3.73. The van der Waals surface area contributed by atoms with E-state index in [2.05, 4.69) is 10.1 Å². The summed E-state index contributed by atoms with van der Waals surface area (Å²) in [5.41, 5.74) is 0.453. The first-order valence-electron chi connectivity index (χ1n) is 5.47. The van der Waals surface area contributed by atoms with Crippen LogP contribution in [-0.2, 0) is 11.3 Å². The van der Waals surface area contributed by atoms with Crippen molar-refractivity contribution in [2.24, 2.45) is 0 Å². The lowest BCUT2D eigenvalue weighted by molar-refractivity contribution is -0.385. The molecule has 19 heavy (non-hydrogen) atoms. The van der Waals surface area contributed by atoms with E-state index in [9.17, 15) is 23.3 Å². The Balaban J connectivity index is 2.28. The third kappa shape index (κ3) is 6.16. The first-order valence-corrected chi connectivity index (χ1v) is 5.47. The first-order chi connectivity index (χ1) is 8.90. The van der Waals surface area contributed by atoms with E-state index in [-0.39, 0.29) is 25.4 Å². The highest BCUT2D eigenvalue weighted by molar-refractivity contribution is 5.39. The highest BCUT2D eigenvalue weighted by Crippen LogP contribution is 2.17. The Morgan fingerprint density at radius 2 is 2.00 bits per heavy atom. The molecule has 0 bridgehead atoms. The van der Waals surface area contributed by atoms with Crippen LogP contribution in [-0.4, -0.2) is 30.9 Å².